The number of carbonyl (C=O) groups is 1. The minimum Gasteiger partial charge on any atom is -0.390 e. The van der Waals surface area contributed by atoms with Gasteiger partial charge in [0.2, 0.25) is 5.91 Å². The van der Waals surface area contributed by atoms with Gasteiger partial charge in [0.05, 0.1) is 17.9 Å². The van der Waals surface area contributed by atoms with Crippen LogP contribution in [0.5, 0.6) is 0 Å². The van der Waals surface area contributed by atoms with Crippen molar-refractivity contribution < 1.29 is 9.90 Å². The van der Waals surface area contributed by atoms with Crippen LogP contribution in [0.1, 0.15) is 30.5 Å². The van der Waals surface area contributed by atoms with Crippen molar-refractivity contribution in [3.05, 3.63) is 35.4 Å². The first kappa shape index (κ1) is 13.4. The number of amides is 1. The van der Waals surface area contributed by atoms with Crippen molar-refractivity contribution in [2.75, 3.05) is 11.5 Å². The molecule has 4 heteroatoms. The zero-order chi connectivity index (χ0) is 13.0. The number of rotatable bonds is 5. The summed E-state index contributed by atoms with van der Waals surface area (Å²) >= 11 is 1.63. The Labute approximate surface area is 112 Å². The monoisotopic (exact) mass is 265 g/mol. The third-order valence-electron chi connectivity index (χ3n) is 3.10. The Kier molecular flexibility index (Phi) is 4.66. The summed E-state index contributed by atoms with van der Waals surface area (Å²) in [5.74, 6) is 1.48. The second-order valence-electron chi connectivity index (χ2n) is 4.57. The van der Waals surface area contributed by atoms with Crippen LogP contribution < -0.4 is 5.32 Å². The van der Waals surface area contributed by atoms with Gasteiger partial charge in [-0.3, -0.25) is 4.79 Å². The lowest BCUT2D eigenvalue weighted by Gasteiger charge is -2.17. The highest BCUT2D eigenvalue weighted by Gasteiger charge is 2.31. The van der Waals surface area contributed by atoms with Gasteiger partial charge >= 0.3 is 0 Å². The van der Waals surface area contributed by atoms with Gasteiger partial charge in [-0.15, -0.1) is 0 Å². The minimum absolute atomic E-state index is 0.00852. The lowest BCUT2D eigenvalue weighted by Crippen LogP contribution is -2.35. The van der Waals surface area contributed by atoms with Crippen LogP contribution in [0, 0.1) is 0 Å². The molecular formula is C14H19NO2S. The van der Waals surface area contributed by atoms with E-state index in [9.17, 15) is 9.90 Å². The van der Waals surface area contributed by atoms with Gasteiger partial charge in [-0.25, -0.2) is 0 Å². The zero-order valence-corrected chi connectivity index (χ0v) is 11.4. The molecular weight excluding hydrogens is 246 g/mol. The summed E-state index contributed by atoms with van der Waals surface area (Å²) in [7, 11) is 0. The van der Waals surface area contributed by atoms with Gasteiger partial charge in [0, 0.05) is 6.42 Å². The molecule has 2 atom stereocenters. The van der Waals surface area contributed by atoms with E-state index in [1.165, 1.54) is 0 Å². The predicted molar refractivity (Wildman–Crippen MR) is 74.7 cm³/mol. The fourth-order valence-electron chi connectivity index (χ4n) is 2.27. The summed E-state index contributed by atoms with van der Waals surface area (Å²) in [4.78, 5) is 11.8. The van der Waals surface area contributed by atoms with E-state index in [0.29, 0.717) is 12.2 Å². The van der Waals surface area contributed by atoms with Crippen molar-refractivity contribution in [1.82, 2.24) is 5.32 Å². The lowest BCUT2D eigenvalue weighted by atomic mass is 10.1. The Bertz CT molecular complexity index is 422. The van der Waals surface area contributed by atoms with Crippen molar-refractivity contribution >= 4 is 17.7 Å². The first-order valence-corrected chi connectivity index (χ1v) is 7.50. The van der Waals surface area contributed by atoms with Crippen molar-refractivity contribution in [1.29, 1.82) is 0 Å². The maximum absolute atomic E-state index is 11.8. The van der Waals surface area contributed by atoms with E-state index in [0.717, 1.165) is 23.3 Å². The molecule has 0 radical (unpaired) electrons. The first-order chi connectivity index (χ1) is 8.72. The summed E-state index contributed by atoms with van der Waals surface area (Å²) < 4.78 is 0. The van der Waals surface area contributed by atoms with E-state index >= 15 is 0 Å². The Balaban J connectivity index is 1.95. The van der Waals surface area contributed by atoms with Gasteiger partial charge in [0.25, 0.3) is 0 Å². The number of aliphatic hydroxyl groups is 1. The molecule has 0 saturated heterocycles. The number of fused-ring (bicyclic) bond motifs is 1. The molecule has 0 fully saturated rings. The molecule has 1 aliphatic carbocycles. The van der Waals surface area contributed by atoms with Gasteiger partial charge in [0.1, 0.15) is 0 Å². The summed E-state index contributed by atoms with van der Waals surface area (Å²) in [6.45, 7) is 2.10. The Morgan fingerprint density at radius 1 is 1.50 bits per heavy atom. The summed E-state index contributed by atoms with van der Waals surface area (Å²) in [5.41, 5.74) is 2.19. The number of hydrogen-bond donors (Lipinski definition) is 2. The molecule has 0 bridgehead atoms. The Hall–Kier alpha value is -1.00. The summed E-state index contributed by atoms with van der Waals surface area (Å²) in [6.07, 6.45) is 1.21. The van der Waals surface area contributed by atoms with Gasteiger partial charge in [-0.1, -0.05) is 31.2 Å². The van der Waals surface area contributed by atoms with E-state index in [1.807, 2.05) is 24.3 Å². The van der Waals surface area contributed by atoms with E-state index < -0.39 is 6.10 Å². The van der Waals surface area contributed by atoms with Gasteiger partial charge in [0.15, 0.2) is 0 Å². The van der Waals surface area contributed by atoms with E-state index in [1.54, 1.807) is 11.8 Å². The Morgan fingerprint density at radius 2 is 2.28 bits per heavy atom. The SMILES string of the molecule is CCCSCC(=O)N[C@H]1c2ccccc2C[C@H]1O. The van der Waals surface area contributed by atoms with Gasteiger partial charge in [-0.05, 0) is 23.3 Å². The topological polar surface area (TPSA) is 49.3 Å². The van der Waals surface area contributed by atoms with Crippen LogP contribution in [-0.2, 0) is 11.2 Å². The Morgan fingerprint density at radius 3 is 3.06 bits per heavy atom. The van der Waals surface area contributed by atoms with Gasteiger partial charge < -0.3 is 10.4 Å². The molecule has 1 aromatic carbocycles. The summed E-state index contributed by atoms with van der Waals surface area (Å²) in [6, 6.07) is 7.66. The maximum atomic E-state index is 11.8. The number of aliphatic hydroxyl groups excluding tert-OH is 1. The first-order valence-electron chi connectivity index (χ1n) is 6.35. The van der Waals surface area contributed by atoms with Crippen LogP contribution >= 0.6 is 11.8 Å². The highest BCUT2D eigenvalue weighted by atomic mass is 32.2. The molecule has 1 amide bonds. The predicted octanol–water partition coefficient (Wildman–Crippen LogP) is 1.90. The molecule has 0 saturated carbocycles. The van der Waals surface area contributed by atoms with E-state index in [4.69, 9.17) is 0 Å². The number of hydrogen-bond acceptors (Lipinski definition) is 3. The number of carbonyl (C=O) groups excluding carboxylic acids is 1. The molecule has 2 rings (SSSR count). The molecule has 98 valence electrons. The average molecular weight is 265 g/mol. The van der Waals surface area contributed by atoms with Crippen molar-refractivity contribution in [2.24, 2.45) is 0 Å². The molecule has 18 heavy (non-hydrogen) atoms. The van der Waals surface area contributed by atoms with E-state index in [-0.39, 0.29) is 11.9 Å². The third kappa shape index (κ3) is 3.06. The van der Waals surface area contributed by atoms with E-state index in [2.05, 4.69) is 12.2 Å². The van der Waals surface area contributed by atoms with Crippen molar-refractivity contribution in [2.45, 2.75) is 31.9 Å². The summed E-state index contributed by atoms with van der Waals surface area (Å²) in [5, 5.41) is 12.9. The van der Waals surface area contributed by atoms with Crippen LogP contribution in [0.4, 0.5) is 0 Å². The number of benzene rings is 1. The van der Waals surface area contributed by atoms with Crippen LogP contribution in [-0.4, -0.2) is 28.6 Å². The molecule has 1 aliphatic rings. The molecule has 3 nitrogen and oxygen atoms in total. The molecule has 0 unspecified atom stereocenters. The second kappa shape index (κ2) is 6.25. The van der Waals surface area contributed by atoms with Crippen LogP contribution in [0.25, 0.3) is 0 Å². The highest BCUT2D eigenvalue weighted by molar-refractivity contribution is 7.99. The van der Waals surface area contributed by atoms with Crippen molar-refractivity contribution in [3.63, 3.8) is 0 Å². The van der Waals surface area contributed by atoms with Crippen LogP contribution in [0.2, 0.25) is 0 Å². The fraction of sp³-hybridized carbons (Fsp3) is 0.500. The number of nitrogens with one attached hydrogen (secondary N) is 1. The van der Waals surface area contributed by atoms with Crippen LogP contribution in [0.3, 0.4) is 0 Å². The minimum atomic E-state index is -0.498. The van der Waals surface area contributed by atoms with Crippen LogP contribution in [0.15, 0.2) is 24.3 Å². The second-order valence-corrected chi connectivity index (χ2v) is 5.67. The quantitative estimate of drug-likeness (QED) is 0.800. The number of thioether (sulfide) groups is 1. The largest absolute Gasteiger partial charge is 0.390 e. The average Bonchev–Trinajstić information content (AvgIpc) is 2.67. The smallest absolute Gasteiger partial charge is 0.230 e. The molecule has 0 aliphatic heterocycles. The normalized spacial score (nSPS) is 21.7. The molecule has 0 heterocycles. The molecule has 1 aromatic rings. The molecule has 2 N–H and O–H groups in total. The highest BCUT2D eigenvalue weighted by Crippen LogP contribution is 2.31. The molecule has 0 spiro atoms. The lowest BCUT2D eigenvalue weighted by molar-refractivity contribution is -0.120. The maximum Gasteiger partial charge on any atom is 0.230 e. The van der Waals surface area contributed by atoms with Gasteiger partial charge in [-0.2, -0.15) is 11.8 Å². The standard InChI is InChI=1S/C14H19NO2S/c1-2-7-18-9-13(17)15-14-11-6-4-3-5-10(11)8-12(14)16/h3-6,12,14,16H,2,7-9H2,1H3,(H,15,17)/t12-,14+/m1/s1. The third-order valence-corrected chi connectivity index (χ3v) is 4.27. The zero-order valence-electron chi connectivity index (χ0n) is 10.6. The molecule has 0 aromatic heterocycles. The van der Waals surface area contributed by atoms with Crippen molar-refractivity contribution in [3.8, 4) is 0 Å². The fourth-order valence-corrected chi connectivity index (χ4v) is 2.97.